The van der Waals surface area contributed by atoms with Gasteiger partial charge in [-0.25, -0.2) is 15.0 Å². The Balaban J connectivity index is 1.75. The summed E-state index contributed by atoms with van der Waals surface area (Å²) in [7, 11) is 1.92. The summed E-state index contributed by atoms with van der Waals surface area (Å²) in [6.07, 6.45) is 6.73. The molecule has 1 saturated heterocycles. The first-order chi connectivity index (χ1) is 10.1. The zero-order chi connectivity index (χ0) is 14.8. The molecule has 21 heavy (non-hydrogen) atoms. The Labute approximate surface area is 124 Å². The topological polar surface area (TPSA) is 67.1 Å². The van der Waals surface area contributed by atoms with Crippen molar-refractivity contribution in [3.8, 4) is 0 Å². The van der Waals surface area contributed by atoms with Crippen molar-refractivity contribution >= 4 is 5.82 Å². The molecule has 3 heterocycles. The van der Waals surface area contributed by atoms with E-state index in [2.05, 4.69) is 19.9 Å². The van der Waals surface area contributed by atoms with Gasteiger partial charge in [-0.1, -0.05) is 0 Å². The molecule has 6 heteroatoms. The van der Waals surface area contributed by atoms with Crippen LogP contribution in [0.25, 0.3) is 0 Å². The van der Waals surface area contributed by atoms with Crippen LogP contribution in [0.2, 0.25) is 0 Å². The third-order valence-corrected chi connectivity index (χ3v) is 4.14. The number of hydrogen-bond donors (Lipinski definition) is 1. The van der Waals surface area contributed by atoms with E-state index in [0.29, 0.717) is 0 Å². The van der Waals surface area contributed by atoms with Gasteiger partial charge in [0.1, 0.15) is 24.1 Å². The van der Waals surface area contributed by atoms with Crippen LogP contribution in [0.4, 0.5) is 5.82 Å². The Morgan fingerprint density at radius 3 is 2.90 bits per heavy atom. The second-order valence-corrected chi connectivity index (χ2v) is 5.71. The van der Waals surface area contributed by atoms with Gasteiger partial charge in [-0.2, -0.15) is 0 Å². The predicted molar refractivity (Wildman–Crippen MR) is 79.9 cm³/mol. The van der Waals surface area contributed by atoms with Crippen LogP contribution in [0.15, 0.2) is 24.8 Å². The number of aromatic nitrogens is 4. The molecule has 112 valence electrons. The molecule has 0 aromatic carbocycles. The standard InChI is InChI=1S/C15H21N5O/c1-11-8-13(18-10-17-11)20-6-3-4-12(9-20)14(21)15-16-5-7-19(15)2/h5,7-8,10,12,14,21H,3-4,6,9H2,1-2H3. The summed E-state index contributed by atoms with van der Waals surface area (Å²) in [6.45, 7) is 3.74. The Morgan fingerprint density at radius 1 is 1.33 bits per heavy atom. The fourth-order valence-electron chi connectivity index (χ4n) is 2.96. The second kappa shape index (κ2) is 5.81. The van der Waals surface area contributed by atoms with E-state index in [1.165, 1.54) is 0 Å². The van der Waals surface area contributed by atoms with Crippen molar-refractivity contribution in [1.82, 2.24) is 19.5 Å². The molecule has 2 aromatic heterocycles. The fraction of sp³-hybridized carbons (Fsp3) is 0.533. The normalized spacial score (nSPS) is 20.5. The monoisotopic (exact) mass is 287 g/mol. The molecule has 0 spiro atoms. The lowest BCUT2D eigenvalue weighted by molar-refractivity contribution is 0.0873. The van der Waals surface area contributed by atoms with Crippen LogP contribution in [-0.2, 0) is 7.05 Å². The Kier molecular flexibility index (Phi) is 3.88. The van der Waals surface area contributed by atoms with Crippen LogP contribution in [-0.4, -0.2) is 37.7 Å². The van der Waals surface area contributed by atoms with Crippen LogP contribution < -0.4 is 4.90 Å². The molecule has 0 radical (unpaired) electrons. The smallest absolute Gasteiger partial charge is 0.137 e. The number of hydrogen-bond acceptors (Lipinski definition) is 5. The lowest BCUT2D eigenvalue weighted by atomic mass is 9.92. The average molecular weight is 287 g/mol. The summed E-state index contributed by atoms with van der Waals surface area (Å²) < 4.78 is 1.89. The molecule has 6 nitrogen and oxygen atoms in total. The van der Waals surface area contributed by atoms with E-state index in [1.807, 2.05) is 30.8 Å². The number of imidazole rings is 1. The molecule has 0 aliphatic carbocycles. The second-order valence-electron chi connectivity index (χ2n) is 5.71. The highest BCUT2D eigenvalue weighted by Gasteiger charge is 2.29. The summed E-state index contributed by atoms with van der Waals surface area (Å²) in [6, 6.07) is 2.00. The highest BCUT2D eigenvalue weighted by Crippen LogP contribution is 2.30. The third kappa shape index (κ3) is 2.90. The minimum Gasteiger partial charge on any atom is -0.385 e. The SMILES string of the molecule is Cc1cc(N2CCCC(C(O)c3nccn3C)C2)ncn1. The molecular weight excluding hydrogens is 266 g/mol. The predicted octanol–water partition coefficient (Wildman–Crippen LogP) is 1.47. The Morgan fingerprint density at radius 2 is 2.19 bits per heavy atom. The molecule has 0 amide bonds. The minimum absolute atomic E-state index is 0.176. The molecule has 1 aliphatic rings. The van der Waals surface area contributed by atoms with Crippen molar-refractivity contribution in [2.24, 2.45) is 13.0 Å². The highest BCUT2D eigenvalue weighted by molar-refractivity contribution is 5.39. The number of anilines is 1. The fourth-order valence-corrected chi connectivity index (χ4v) is 2.96. The van der Waals surface area contributed by atoms with Gasteiger partial charge in [0.2, 0.25) is 0 Å². The summed E-state index contributed by atoms with van der Waals surface area (Å²) in [5, 5.41) is 10.6. The highest BCUT2D eigenvalue weighted by atomic mass is 16.3. The number of aryl methyl sites for hydroxylation is 2. The van der Waals surface area contributed by atoms with E-state index >= 15 is 0 Å². The molecule has 2 atom stereocenters. The van der Waals surface area contributed by atoms with Gasteiger partial charge >= 0.3 is 0 Å². The first kappa shape index (κ1) is 14.0. The number of piperidine rings is 1. The maximum absolute atomic E-state index is 10.6. The van der Waals surface area contributed by atoms with Gasteiger partial charge in [0.25, 0.3) is 0 Å². The quantitative estimate of drug-likeness (QED) is 0.926. The summed E-state index contributed by atoms with van der Waals surface area (Å²) >= 11 is 0. The van der Waals surface area contributed by atoms with Crippen molar-refractivity contribution < 1.29 is 5.11 Å². The molecular formula is C15H21N5O. The van der Waals surface area contributed by atoms with Crippen molar-refractivity contribution in [3.05, 3.63) is 36.3 Å². The molecule has 0 bridgehead atoms. The van der Waals surface area contributed by atoms with E-state index < -0.39 is 6.10 Å². The van der Waals surface area contributed by atoms with Crippen LogP contribution in [0, 0.1) is 12.8 Å². The van der Waals surface area contributed by atoms with Crippen molar-refractivity contribution in [1.29, 1.82) is 0 Å². The molecule has 1 fully saturated rings. The first-order valence-electron chi connectivity index (χ1n) is 7.34. The van der Waals surface area contributed by atoms with Gasteiger partial charge in [-0.15, -0.1) is 0 Å². The third-order valence-electron chi connectivity index (χ3n) is 4.14. The summed E-state index contributed by atoms with van der Waals surface area (Å²) in [5.41, 5.74) is 0.965. The molecule has 1 aliphatic heterocycles. The molecule has 3 rings (SSSR count). The number of aliphatic hydroxyl groups is 1. The molecule has 1 N–H and O–H groups in total. The van der Waals surface area contributed by atoms with E-state index in [1.54, 1.807) is 12.5 Å². The Bertz CT molecular complexity index is 612. The van der Waals surface area contributed by atoms with E-state index in [0.717, 1.165) is 43.3 Å². The van der Waals surface area contributed by atoms with Gasteiger partial charge in [0.05, 0.1) is 0 Å². The van der Waals surface area contributed by atoms with E-state index in [4.69, 9.17) is 0 Å². The number of aliphatic hydroxyl groups excluding tert-OH is 1. The average Bonchev–Trinajstić information content (AvgIpc) is 2.93. The van der Waals surface area contributed by atoms with E-state index in [-0.39, 0.29) is 5.92 Å². The van der Waals surface area contributed by atoms with Crippen molar-refractivity contribution in [2.75, 3.05) is 18.0 Å². The van der Waals surface area contributed by atoms with Gasteiger partial charge in [0, 0.05) is 50.2 Å². The van der Waals surface area contributed by atoms with Gasteiger partial charge < -0.3 is 14.6 Å². The van der Waals surface area contributed by atoms with Crippen LogP contribution in [0.3, 0.4) is 0 Å². The minimum atomic E-state index is -0.532. The lowest BCUT2D eigenvalue weighted by Crippen LogP contribution is -2.38. The van der Waals surface area contributed by atoms with Crippen molar-refractivity contribution in [3.63, 3.8) is 0 Å². The van der Waals surface area contributed by atoms with Gasteiger partial charge in [0.15, 0.2) is 0 Å². The molecule has 2 aromatic rings. The van der Waals surface area contributed by atoms with Gasteiger partial charge in [-0.3, -0.25) is 0 Å². The van der Waals surface area contributed by atoms with Crippen molar-refractivity contribution in [2.45, 2.75) is 25.9 Å². The van der Waals surface area contributed by atoms with Gasteiger partial charge in [-0.05, 0) is 19.8 Å². The Hall–Kier alpha value is -1.95. The zero-order valence-electron chi connectivity index (χ0n) is 12.5. The van der Waals surface area contributed by atoms with Crippen LogP contribution >= 0.6 is 0 Å². The largest absolute Gasteiger partial charge is 0.385 e. The van der Waals surface area contributed by atoms with E-state index in [9.17, 15) is 5.11 Å². The number of rotatable bonds is 3. The first-order valence-corrected chi connectivity index (χ1v) is 7.34. The summed E-state index contributed by atoms with van der Waals surface area (Å²) in [4.78, 5) is 15.0. The zero-order valence-corrected chi connectivity index (χ0v) is 12.5. The maximum Gasteiger partial charge on any atom is 0.137 e. The maximum atomic E-state index is 10.6. The summed E-state index contributed by atoms with van der Waals surface area (Å²) in [5.74, 6) is 1.86. The van der Waals surface area contributed by atoms with Crippen LogP contribution in [0.5, 0.6) is 0 Å². The molecule has 0 saturated carbocycles. The molecule has 2 unspecified atom stereocenters. The number of nitrogens with zero attached hydrogens (tertiary/aromatic N) is 5. The van der Waals surface area contributed by atoms with Crippen LogP contribution in [0.1, 0.15) is 30.5 Å². The lowest BCUT2D eigenvalue weighted by Gasteiger charge is -2.35.